The van der Waals surface area contributed by atoms with E-state index in [-0.39, 0.29) is 44.6 Å². The highest BCUT2D eigenvalue weighted by Crippen LogP contribution is 2.43. The van der Waals surface area contributed by atoms with E-state index >= 15 is 0 Å². The minimum Gasteiger partial charge on any atom is -0.460 e. The third-order valence-electron chi connectivity index (χ3n) is 12.0. The molecule has 0 aromatic heterocycles. The Kier molecular flexibility index (Phi) is 20.7. The highest BCUT2D eigenvalue weighted by molar-refractivity contribution is 5.95. The fraction of sp³-hybridized carbons (Fsp3) is 0.608. The molecule has 0 unspecified atom stereocenters. The van der Waals surface area contributed by atoms with E-state index in [1.54, 1.807) is 87.5 Å². The summed E-state index contributed by atoms with van der Waals surface area (Å²) in [6, 6.07) is 12.7. The minimum atomic E-state index is -1.55. The standard InChI is InChI=1S/C51H72N2O15/c1-6-8-10-23-51(24-11-9-7-2)66-39-28-36(46(60)52-29-33-14-12-16-35(26-33)47(61)53-37(30-54)21-22-41(56)67-50(3,4)5)27-38(45(39)68-51)64-48(62)34-19-17-32(18-20-34)15-13-25-63-49-44(59)43(58)42(57)40(31-55)65-49/h12-20,26,28,37-40,42-45,49,54-55,57-59H,6-11,21-25,27,29-31H2,1-5H3,(H,52,60)(H,53,61)/t37-,38+,39+,40+,42-,43-,44+,45-,49-/m0/s1. The lowest BCUT2D eigenvalue weighted by atomic mass is 9.91. The van der Waals surface area contributed by atoms with E-state index in [1.807, 2.05) is 0 Å². The molecule has 5 rings (SSSR count). The van der Waals surface area contributed by atoms with Gasteiger partial charge in [-0.25, -0.2) is 4.79 Å². The highest BCUT2D eigenvalue weighted by Gasteiger charge is 2.52. The second kappa shape index (κ2) is 25.9. The average molecular weight is 953 g/mol. The van der Waals surface area contributed by atoms with Crippen LogP contribution in [-0.2, 0) is 44.6 Å². The lowest BCUT2D eigenvalue weighted by Gasteiger charge is -2.39. The van der Waals surface area contributed by atoms with E-state index in [0.29, 0.717) is 35.1 Å². The van der Waals surface area contributed by atoms with Crippen LogP contribution in [0.4, 0.5) is 0 Å². The quantitative estimate of drug-likeness (QED) is 0.0564. The lowest BCUT2D eigenvalue weighted by Crippen LogP contribution is -2.59. The van der Waals surface area contributed by atoms with Crippen LogP contribution >= 0.6 is 0 Å². The van der Waals surface area contributed by atoms with E-state index < -0.39 is 96.8 Å². The molecular weight excluding hydrogens is 881 g/mol. The number of unbranched alkanes of at least 4 members (excludes halogenated alkanes) is 4. The summed E-state index contributed by atoms with van der Waals surface area (Å²) in [5, 5.41) is 55.3. The zero-order chi connectivity index (χ0) is 49.4. The SMILES string of the molecule is CCCCCC1(CCCCC)O[C@@H]2[C@@H](C=C(C(=O)NCc3cccc(C(=O)N[C@H](CO)CCC(=O)OC(C)(C)C)c3)C[C@H]2OC(=O)c2ccc(C=CCO[C@H]3O[C@H](CO)[C@H](O)[C@H](O)[C@H]3O)cc2)O1. The van der Waals surface area contributed by atoms with Crippen LogP contribution < -0.4 is 10.6 Å². The smallest absolute Gasteiger partial charge is 0.338 e. The van der Waals surface area contributed by atoms with E-state index in [9.17, 15) is 44.7 Å². The van der Waals surface area contributed by atoms with Gasteiger partial charge in [0.1, 0.15) is 48.3 Å². The fourth-order valence-corrected chi connectivity index (χ4v) is 8.36. The molecule has 2 aromatic rings. The van der Waals surface area contributed by atoms with Crippen molar-refractivity contribution in [2.45, 2.75) is 178 Å². The maximum atomic E-state index is 13.9. The first-order valence-electron chi connectivity index (χ1n) is 23.9. The number of aliphatic hydroxyl groups excluding tert-OH is 5. The van der Waals surface area contributed by atoms with Crippen LogP contribution in [0.1, 0.15) is 137 Å². The molecule has 1 aliphatic carbocycles. The molecule has 2 fully saturated rings. The normalized spacial score (nSPS) is 25.0. The van der Waals surface area contributed by atoms with Gasteiger partial charge in [-0.3, -0.25) is 14.4 Å². The van der Waals surface area contributed by atoms with Crippen LogP contribution in [0, 0.1) is 0 Å². The molecule has 17 nitrogen and oxygen atoms in total. The van der Waals surface area contributed by atoms with Crippen LogP contribution in [0.25, 0.3) is 6.08 Å². The summed E-state index contributed by atoms with van der Waals surface area (Å²) < 4.78 is 35.9. The summed E-state index contributed by atoms with van der Waals surface area (Å²) in [7, 11) is 0. The largest absolute Gasteiger partial charge is 0.460 e. The number of rotatable bonds is 24. The molecule has 0 spiro atoms. The number of hydrogen-bond donors (Lipinski definition) is 7. The van der Waals surface area contributed by atoms with Gasteiger partial charge in [-0.2, -0.15) is 0 Å². The highest BCUT2D eigenvalue weighted by atomic mass is 16.8. The van der Waals surface area contributed by atoms with Gasteiger partial charge in [-0.1, -0.05) is 75.9 Å². The lowest BCUT2D eigenvalue weighted by molar-refractivity contribution is -0.298. The van der Waals surface area contributed by atoms with Crippen LogP contribution in [0.5, 0.6) is 0 Å². The monoisotopic (exact) mass is 952 g/mol. The number of aliphatic hydroxyl groups is 5. The van der Waals surface area contributed by atoms with Gasteiger partial charge in [0.05, 0.1) is 31.4 Å². The number of esters is 2. The van der Waals surface area contributed by atoms with E-state index in [2.05, 4.69) is 24.5 Å². The number of benzene rings is 2. The van der Waals surface area contributed by atoms with Crippen LogP contribution in [0.2, 0.25) is 0 Å². The van der Waals surface area contributed by atoms with Crippen molar-refractivity contribution in [3.8, 4) is 0 Å². The van der Waals surface area contributed by atoms with Gasteiger partial charge in [-0.15, -0.1) is 0 Å². The Bertz CT molecular complexity index is 2000. The van der Waals surface area contributed by atoms with Gasteiger partial charge in [0.2, 0.25) is 5.91 Å². The number of amides is 2. The van der Waals surface area contributed by atoms with Crippen molar-refractivity contribution in [1.82, 2.24) is 10.6 Å². The van der Waals surface area contributed by atoms with Gasteiger partial charge >= 0.3 is 11.9 Å². The number of carbonyl (C=O) groups excluding carboxylic acids is 4. The van der Waals surface area contributed by atoms with Gasteiger partial charge in [-0.05, 0) is 81.5 Å². The summed E-state index contributed by atoms with van der Waals surface area (Å²) in [6.45, 7) is 8.66. The second-order valence-corrected chi connectivity index (χ2v) is 18.7. The van der Waals surface area contributed by atoms with E-state index in [0.717, 1.165) is 38.5 Å². The molecule has 2 heterocycles. The van der Waals surface area contributed by atoms with Crippen LogP contribution in [0.3, 0.4) is 0 Å². The summed E-state index contributed by atoms with van der Waals surface area (Å²) >= 11 is 0. The Morgan fingerprint density at radius 3 is 2.24 bits per heavy atom. The van der Waals surface area contributed by atoms with Crippen molar-refractivity contribution >= 4 is 29.8 Å². The number of hydrogen-bond acceptors (Lipinski definition) is 15. The second-order valence-electron chi connectivity index (χ2n) is 18.7. The third-order valence-corrected chi connectivity index (χ3v) is 12.0. The predicted octanol–water partition coefficient (Wildman–Crippen LogP) is 4.54. The Balaban J connectivity index is 1.24. The summed E-state index contributed by atoms with van der Waals surface area (Å²) in [4.78, 5) is 53.2. The summed E-state index contributed by atoms with van der Waals surface area (Å²) in [5.74, 6) is -2.79. The molecule has 2 aliphatic heterocycles. The Hall–Kier alpha value is -4.56. The molecule has 3 aliphatic rings. The van der Waals surface area contributed by atoms with Crippen molar-refractivity contribution in [3.63, 3.8) is 0 Å². The van der Waals surface area contributed by atoms with E-state index in [4.69, 9.17) is 28.4 Å². The Labute approximate surface area is 399 Å². The number of carbonyl (C=O) groups is 4. The van der Waals surface area contributed by atoms with Crippen molar-refractivity contribution < 1.29 is 73.1 Å². The molecule has 7 N–H and O–H groups in total. The molecule has 0 saturated carbocycles. The van der Waals surface area contributed by atoms with Crippen molar-refractivity contribution in [3.05, 3.63) is 88.5 Å². The molecule has 2 amide bonds. The molecular formula is C51H72N2O15. The molecule has 2 aromatic carbocycles. The van der Waals surface area contributed by atoms with Crippen LogP contribution in [0.15, 0.2) is 66.3 Å². The van der Waals surface area contributed by atoms with Crippen LogP contribution in [-0.4, -0.2) is 136 Å². The van der Waals surface area contributed by atoms with E-state index in [1.165, 1.54) is 0 Å². The zero-order valence-corrected chi connectivity index (χ0v) is 40.0. The van der Waals surface area contributed by atoms with Gasteiger partial charge in [0, 0.05) is 43.4 Å². The maximum absolute atomic E-state index is 13.9. The first-order valence-corrected chi connectivity index (χ1v) is 23.9. The van der Waals surface area contributed by atoms with Gasteiger partial charge in [0.25, 0.3) is 5.91 Å². The Morgan fingerprint density at radius 2 is 1.59 bits per heavy atom. The van der Waals surface area contributed by atoms with Crippen molar-refractivity contribution in [2.24, 2.45) is 0 Å². The number of ether oxygens (including phenoxy) is 6. The molecule has 0 radical (unpaired) electrons. The first kappa shape index (κ1) is 54.4. The summed E-state index contributed by atoms with van der Waals surface area (Å²) in [5.41, 5.74) is 1.65. The number of fused-ring (bicyclic) bond motifs is 1. The van der Waals surface area contributed by atoms with Crippen molar-refractivity contribution in [2.75, 3.05) is 19.8 Å². The Morgan fingerprint density at radius 1 is 0.882 bits per heavy atom. The zero-order valence-electron chi connectivity index (χ0n) is 40.0. The molecule has 376 valence electrons. The maximum Gasteiger partial charge on any atom is 0.338 e. The summed E-state index contributed by atoms with van der Waals surface area (Å²) in [6.07, 6.45) is 3.39. The van der Waals surface area contributed by atoms with Gasteiger partial charge < -0.3 is 64.6 Å². The average Bonchev–Trinajstić information content (AvgIpc) is 3.69. The molecule has 17 heteroatoms. The molecule has 0 bridgehead atoms. The number of nitrogens with one attached hydrogen (secondary N) is 2. The fourth-order valence-electron chi connectivity index (χ4n) is 8.36. The molecule has 68 heavy (non-hydrogen) atoms. The predicted molar refractivity (Wildman–Crippen MR) is 250 cm³/mol. The van der Waals surface area contributed by atoms with Crippen molar-refractivity contribution in [1.29, 1.82) is 0 Å². The minimum absolute atomic E-state index is 0.0209. The third kappa shape index (κ3) is 15.7. The molecule has 2 saturated heterocycles. The molecule has 9 atom stereocenters. The van der Waals surface area contributed by atoms with Gasteiger partial charge in [0.15, 0.2) is 12.1 Å². The topological polar surface area (TPSA) is 249 Å². The first-order chi connectivity index (χ1) is 32.5.